The summed E-state index contributed by atoms with van der Waals surface area (Å²) < 4.78 is 7.08. The smallest absolute Gasteiger partial charge is 0.134 e. The molecule has 5 aromatic carbocycles. The molecular weight excluding hydrogens is 556 g/mol. The number of allylic oxidation sites excluding steroid dienone is 2. The molecule has 1 N–H and O–H groups in total. The Morgan fingerprint density at radius 2 is 1.70 bits per heavy atom. The number of ether oxygens (including phenoxy) is 1. The number of nitrogens with one attached hydrogen (secondary N) is 1. The van der Waals surface area contributed by atoms with E-state index in [1.54, 1.807) is 0 Å². The molecule has 0 bridgehead atoms. The second kappa shape index (κ2) is 10.8. The van der Waals surface area contributed by atoms with E-state index in [4.69, 9.17) is 9.73 Å². The van der Waals surface area contributed by atoms with Crippen LogP contribution in [0.5, 0.6) is 5.75 Å². The molecule has 40 heavy (non-hydrogen) atoms. The Morgan fingerprint density at radius 3 is 2.60 bits per heavy atom. The van der Waals surface area contributed by atoms with Crippen LogP contribution in [0.3, 0.4) is 0 Å². The highest BCUT2D eigenvalue weighted by Gasteiger charge is 2.37. The summed E-state index contributed by atoms with van der Waals surface area (Å²) in [5.74, 6) is 1.84. The molecule has 0 amide bonds. The lowest BCUT2D eigenvalue weighted by atomic mass is 9.77. The van der Waals surface area contributed by atoms with Crippen molar-refractivity contribution in [2.75, 3.05) is 5.32 Å². The van der Waals surface area contributed by atoms with E-state index in [-0.39, 0.29) is 0 Å². The first kappa shape index (κ1) is 24.9. The van der Waals surface area contributed by atoms with Crippen molar-refractivity contribution in [3.8, 4) is 5.75 Å². The van der Waals surface area contributed by atoms with Gasteiger partial charge in [0, 0.05) is 17.8 Å². The number of hydrogen-bond acceptors (Lipinski definition) is 3. The van der Waals surface area contributed by atoms with Gasteiger partial charge in [0.15, 0.2) is 0 Å². The molecule has 7 rings (SSSR count). The third-order valence-corrected chi connectivity index (χ3v) is 8.73. The average Bonchev–Trinajstić information content (AvgIpc) is 3.50. The zero-order valence-corrected chi connectivity index (χ0v) is 23.6. The zero-order chi connectivity index (χ0) is 26.9. The second-order valence-corrected chi connectivity index (χ2v) is 11.4. The molecule has 0 aromatic heterocycles. The Hall–Kier alpha value is -4.15. The molecule has 196 valence electrons. The lowest BCUT2D eigenvalue weighted by Gasteiger charge is -2.37. The van der Waals surface area contributed by atoms with Crippen molar-refractivity contribution in [2.24, 2.45) is 10.9 Å². The molecule has 2 aliphatic rings. The van der Waals surface area contributed by atoms with Gasteiger partial charge in [0.2, 0.25) is 0 Å². The SMILES string of the molecule is Brc1cc(C=Nc2ccc([C@@H]3Nc4ccccc4[C@@H]4C=CC[C@H]43)cc2)ccc1OCc1cccc2ccccc12. The van der Waals surface area contributed by atoms with Crippen molar-refractivity contribution >= 4 is 44.3 Å². The minimum atomic E-state index is 0.297. The first-order chi connectivity index (χ1) is 19.7. The number of hydrogen-bond donors (Lipinski definition) is 1. The summed E-state index contributed by atoms with van der Waals surface area (Å²) in [7, 11) is 0. The van der Waals surface area contributed by atoms with E-state index in [1.807, 2.05) is 24.4 Å². The average molecular weight is 586 g/mol. The number of fused-ring (bicyclic) bond motifs is 4. The molecule has 0 radical (unpaired) electrons. The molecule has 1 aliphatic heterocycles. The van der Waals surface area contributed by atoms with E-state index in [0.717, 1.165) is 27.9 Å². The third-order valence-electron chi connectivity index (χ3n) is 8.11. The first-order valence-electron chi connectivity index (χ1n) is 13.8. The highest BCUT2D eigenvalue weighted by molar-refractivity contribution is 9.10. The monoisotopic (exact) mass is 584 g/mol. The van der Waals surface area contributed by atoms with Crippen LogP contribution in [0.15, 0.2) is 131 Å². The Bertz CT molecular complexity index is 1740. The summed E-state index contributed by atoms with van der Waals surface area (Å²) >= 11 is 3.69. The number of benzene rings is 5. The van der Waals surface area contributed by atoms with Gasteiger partial charge in [-0.15, -0.1) is 0 Å². The van der Waals surface area contributed by atoms with Crippen LogP contribution in [0.25, 0.3) is 10.8 Å². The van der Waals surface area contributed by atoms with Crippen molar-refractivity contribution in [1.82, 2.24) is 0 Å². The highest BCUT2D eigenvalue weighted by atomic mass is 79.9. The quantitative estimate of drug-likeness (QED) is 0.159. The Balaban J connectivity index is 1.03. The van der Waals surface area contributed by atoms with E-state index in [1.165, 1.54) is 33.2 Å². The van der Waals surface area contributed by atoms with Crippen LogP contribution in [0.2, 0.25) is 0 Å². The Morgan fingerprint density at radius 1 is 0.875 bits per heavy atom. The van der Waals surface area contributed by atoms with Crippen LogP contribution >= 0.6 is 15.9 Å². The van der Waals surface area contributed by atoms with Crippen LogP contribution in [-0.2, 0) is 6.61 Å². The molecule has 5 aromatic rings. The summed E-state index contributed by atoms with van der Waals surface area (Å²) in [6.45, 7) is 0.513. The summed E-state index contributed by atoms with van der Waals surface area (Å²) in [6, 6.07) is 38.5. The fourth-order valence-corrected chi connectivity index (χ4v) is 6.59. The molecule has 0 spiro atoms. The first-order valence-corrected chi connectivity index (χ1v) is 14.6. The van der Waals surface area contributed by atoms with E-state index in [2.05, 4.69) is 124 Å². The van der Waals surface area contributed by atoms with Gasteiger partial charge in [0.05, 0.1) is 16.2 Å². The van der Waals surface area contributed by atoms with Crippen molar-refractivity contribution in [3.05, 3.63) is 148 Å². The van der Waals surface area contributed by atoms with Gasteiger partial charge < -0.3 is 10.1 Å². The number of halogens is 1. The molecule has 4 heteroatoms. The van der Waals surface area contributed by atoms with E-state index in [9.17, 15) is 0 Å². The van der Waals surface area contributed by atoms with E-state index >= 15 is 0 Å². The minimum Gasteiger partial charge on any atom is -0.488 e. The second-order valence-electron chi connectivity index (χ2n) is 10.5. The summed E-state index contributed by atoms with van der Waals surface area (Å²) in [5.41, 5.74) is 7.09. The highest BCUT2D eigenvalue weighted by Crippen LogP contribution is 2.49. The zero-order valence-electron chi connectivity index (χ0n) is 22.0. The number of anilines is 1. The van der Waals surface area contributed by atoms with E-state index in [0.29, 0.717) is 24.5 Å². The predicted octanol–water partition coefficient (Wildman–Crippen LogP) is 9.76. The lowest BCUT2D eigenvalue weighted by molar-refractivity contribution is 0.305. The maximum Gasteiger partial charge on any atom is 0.134 e. The minimum absolute atomic E-state index is 0.297. The topological polar surface area (TPSA) is 33.6 Å². The lowest BCUT2D eigenvalue weighted by Crippen LogP contribution is -2.28. The van der Waals surface area contributed by atoms with Gasteiger partial charge in [-0.3, -0.25) is 4.99 Å². The predicted molar refractivity (Wildman–Crippen MR) is 169 cm³/mol. The van der Waals surface area contributed by atoms with Crippen LogP contribution in [0.1, 0.15) is 40.6 Å². The molecule has 3 atom stereocenters. The number of nitrogens with zero attached hydrogens (tertiary/aromatic N) is 1. The van der Waals surface area contributed by atoms with Gasteiger partial charge in [0.1, 0.15) is 12.4 Å². The fourth-order valence-electron chi connectivity index (χ4n) is 6.08. The number of rotatable bonds is 6. The van der Waals surface area contributed by atoms with Crippen LogP contribution in [-0.4, -0.2) is 6.21 Å². The van der Waals surface area contributed by atoms with Gasteiger partial charge in [-0.2, -0.15) is 0 Å². The summed E-state index contributed by atoms with van der Waals surface area (Å²) in [5, 5.41) is 6.25. The normalized spacial score (nSPS) is 19.4. The Labute approximate surface area is 243 Å². The third kappa shape index (κ3) is 4.84. The molecule has 3 nitrogen and oxygen atoms in total. The molecule has 0 saturated heterocycles. The Kier molecular flexibility index (Phi) is 6.70. The fraction of sp³-hybridized carbons (Fsp3) is 0.139. The molecule has 1 aliphatic carbocycles. The van der Waals surface area contributed by atoms with Crippen molar-refractivity contribution in [1.29, 1.82) is 0 Å². The van der Waals surface area contributed by atoms with Gasteiger partial charge in [-0.05, 0) is 97.7 Å². The van der Waals surface area contributed by atoms with Gasteiger partial charge in [-0.25, -0.2) is 0 Å². The number of para-hydroxylation sites is 1. The molecule has 0 unspecified atom stereocenters. The molecule has 1 heterocycles. The molecule has 0 saturated carbocycles. The van der Waals surface area contributed by atoms with Crippen molar-refractivity contribution in [3.63, 3.8) is 0 Å². The largest absolute Gasteiger partial charge is 0.488 e. The van der Waals surface area contributed by atoms with Crippen molar-refractivity contribution < 1.29 is 4.74 Å². The molecular formula is C36H29BrN2O. The summed E-state index contributed by atoms with van der Waals surface area (Å²) in [4.78, 5) is 4.74. The maximum absolute atomic E-state index is 6.17. The van der Waals surface area contributed by atoms with Gasteiger partial charge >= 0.3 is 0 Å². The standard InChI is InChI=1S/C36H29BrN2O/c37-33-21-24(15-20-35(33)40-23-27-9-5-8-25-7-1-2-10-29(25)27)22-38-28-18-16-26(17-19-28)36-32-13-6-12-30(32)31-11-3-4-14-34(31)39-36/h1-12,14-22,30,32,36,39H,13,23H2/t30-,32+,36-/m0/s1. The van der Waals surface area contributed by atoms with E-state index < -0.39 is 0 Å². The summed E-state index contributed by atoms with van der Waals surface area (Å²) in [6.07, 6.45) is 7.73. The molecule has 0 fully saturated rings. The van der Waals surface area contributed by atoms with Crippen LogP contribution in [0.4, 0.5) is 11.4 Å². The number of aliphatic imine (C=N–C) groups is 1. The van der Waals surface area contributed by atoms with Gasteiger partial charge in [0.25, 0.3) is 0 Å². The van der Waals surface area contributed by atoms with Crippen LogP contribution in [0, 0.1) is 5.92 Å². The van der Waals surface area contributed by atoms with Crippen molar-refractivity contribution in [2.45, 2.75) is 25.0 Å². The van der Waals surface area contributed by atoms with Gasteiger partial charge in [-0.1, -0.05) is 84.9 Å². The maximum atomic E-state index is 6.17. The van der Waals surface area contributed by atoms with Crippen LogP contribution < -0.4 is 10.1 Å².